The van der Waals surface area contributed by atoms with Gasteiger partial charge < -0.3 is 15.7 Å². The molecule has 0 saturated carbocycles. The summed E-state index contributed by atoms with van der Waals surface area (Å²) in [6, 6.07) is 0. The molecule has 100 valence electrons. The first-order valence-corrected chi connectivity index (χ1v) is 6.69. The van der Waals surface area contributed by atoms with Gasteiger partial charge in [-0.15, -0.1) is 0 Å². The summed E-state index contributed by atoms with van der Waals surface area (Å²) in [6.45, 7) is 8.17. The smallest absolute Gasteiger partial charge is 0.226 e. The average molecular weight is 242 g/mol. The Bertz CT molecular complexity index is 248. The zero-order valence-electron chi connectivity index (χ0n) is 11.3. The third-order valence-corrected chi connectivity index (χ3v) is 3.96. The van der Waals surface area contributed by atoms with Crippen LogP contribution in [0.3, 0.4) is 0 Å². The highest BCUT2D eigenvalue weighted by atomic mass is 16.3. The second kappa shape index (κ2) is 6.36. The Morgan fingerprint density at radius 1 is 1.41 bits per heavy atom. The van der Waals surface area contributed by atoms with Gasteiger partial charge in [-0.05, 0) is 38.3 Å². The highest BCUT2D eigenvalue weighted by Crippen LogP contribution is 2.32. The molecular weight excluding hydrogens is 216 g/mol. The molecule has 0 spiro atoms. The maximum atomic E-state index is 12.2. The minimum atomic E-state index is -0.449. The van der Waals surface area contributed by atoms with Crippen LogP contribution in [0.1, 0.15) is 40.0 Å². The lowest BCUT2D eigenvalue weighted by Gasteiger charge is -2.35. The van der Waals surface area contributed by atoms with Crippen LogP contribution in [0.5, 0.6) is 0 Å². The van der Waals surface area contributed by atoms with Crippen LogP contribution in [0.4, 0.5) is 0 Å². The summed E-state index contributed by atoms with van der Waals surface area (Å²) in [7, 11) is 0. The maximum absolute atomic E-state index is 12.2. The molecule has 0 aliphatic carbocycles. The molecule has 0 bridgehead atoms. The molecule has 17 heavy (non-hydrogen) atoms. The van der Waals surface area contributed by atoms with Crippen LogP contribution in [-0.2, 0) is 4.79 Å². The Labute approximate surface area is 104 Å². The number of piperidine rings is 1. The highest BCUT2D eigenvalue weighted by Gasteiger charge is 2.37. The van der Waals surface area contributed by atoms with Gasteiger partial charge >= 0.3 is 0 Å². The first kappa shape index (κ1) is 14.5. The van der Waals surface area contributed by atoms with Crippen molar-refractivity contribution in [2.45, 2.75) is 46.1 Å². The summed E-state index contributed by atoms with van der Waals surface area (Å²) >= 11 is 0. The average Bonchev–Trinajstić information content (AvgIpc) is 2.36. The topological polar surface area (TPSA) is 61.4 Å². The van der Waals surface area contributed by atoms with Gasteiger partial charge in [0.25, 0.3) is 0 Å². The van der Waals surface area contributed by atoms with Crippen LogP contribution in [0.25, 0.3) is 0 Å². The van der Waals surface area contributed by atoms with Crippen molar-refractivity contribution in [1.82, 2.24) is 10.6 Å². The molecule has 3 N–H and O–H groups in total. The first-order valence-electron chi connectivity index (χ1n) is 6.69. The van der Waals surface area contributed by atoms with Crippen LogP contribution >= 0.6 is 0 Å². The van der Waals surface area contributed by atoms with Crippen molar-refractivity contribution >= 4 is 5.91 Å². The predicted octanol–water partition coefficient (Wildman–Crippen LogP) is 0.899. The van der Waals surface area contributed by atoms with E-state index in [0.717, 1.165) is 32.4 Å². The van der Waals surface area contributed by atoms with E-state index in [4.69, 9.17) is 0 Å². The molecule has 1 fully saturated rings. The van der Waals surface area contributed by atoms with Gasteiger partial charge in [0.05, 0.1) is 11.5 Å². The summed E-state index contributed by atoms with van der Waals surface area (Å²) in [5.41, 5.74) is -0.220. The van der Waals surface area contributed by atoms with E-state index in [0.29, 0.717) is 6.54 Å². The molecule has 1 saturated heterocycles. The van der Waals surface area contributed by atoms with Crippen LogP contribution < -0.4 is 10.6 Å². The minimum absolute atomic E-state index is 0.112. The van der Waals surface area contributed by atoms with Crippen molar-refractivity contribution in [2.75, 3.05) is 19.6 Å². The zero-order valence-corrected chi connectivity index (χ0v) is 11.3. The summed E-state index contributed by atoms with van der Waals surface area (Å²) in [5, 5.41) is 15.9. The number of carbonyl (C=O) groups excluding carboxylic acids is 1. The SMILES string of the molecule is CCC1(C(=O)NCC(O)C(C)C)CCNCC1. The van der Waals surface area contributed by atoms with Crippen molar-refractivity contribution in [3.63, 3.8) is 0 Å². The van der Waals surface area contributed by atoms with Gasteiger partial charge in [0.15, 0.2) is 0 Å². The quantitative estimate of drug-likeness (QED) is 0.671. The number of rotatable bonds is 5. The molecule has 1 unspecified atom stereocenters. The Morgan fingerprint density at radius 2 is 2.00 bits per heavy atom. The first-order chi connectivity index (χ1) is 8.02. The van der Waals surface area contributed by atoms with Gasteiger partial charge in [0, 0.05) is 6.54 Å². The van der Waals surface area contributed by atoms with Crippen molar-refractivity contribution in [3.05, 3.63) is 0 Å². The van der Waals surface area contributed by atoms with Crippen molar-refractivity contribution in [1.29, 1.82) is 0 Å². The van der Waals surface area contributed by atoms with E-state index in [1.807, 2.05) is 13.8 Å². The molecule has 1 atom stereocenters. The van der Waals surface area contributed by atoms with Crippen molar-refractivity contribution in [2.24, 2.45) is 11.3 Å². The molecule has 1 aliphatic rings. The van der Waals surface area contributed by atoms with E-state index < -0.39 is 6.10 Å². The van der Waals surface area contributed by atoms with E-state index in [1.54, 1.807) is 0 Å². The fourth-order valence-corrected chi connectivity index (χ4v) is 2.27. The number of aliphatic hydroxyl groups excluding tert-OH is 1. The molecule has 1 aliphatic heterocycles. The third-order valence-electron chi connectivity index (χ3n) is 3.96. The van der Waals surface area contributed by atoms with Gasteiger partial charge in [-0.3, -0.25) is 4.79 Å². The van der Waals surface area contributed by atoms with Crippen molar-refractivity contribution in [3.8, 4) is 0 Å². The Morgan fingerprint density at radius 3 is 2.47 bits per heavy atom. The van der Waals surface area contributed by atoms with Gasteiger partial charge in [0.2, 0.25) is 5.91 Å². The lowest BCUT2D eigenvalue weighted by Crippen LogP contribution is -2.49. The molecule has 0 aromatic heterocycles. The van der Waals surface area contributed by atoms with Gasteiger partial charge in [-0.1, -0.05) is 20.8 Å². The minimum Gasteiger partial charge on any atom is -0.391 e. The standard InChI is InChI=1S/C13H26N2O2/c1-4-13(5-7-14-8-6-13)12(17)15-9-11(16)10(2)3/h10-11,14,16H,4-9H2,1-3H3,(H,15,17). The third kappa shape index (κ3) is 3.68. The number of aliphatic hydroxyl groups is 1. The molecule has 4 nitrogen and oxygen atoms in total. The van der Waals surface area contributed by atoms with Crippen LogP contribution in [0, 0.1) is 11.3 Å². The number of hydrogen-bond acceptors (Lipinski definition) is 3. The molecule has 0 aromatic carbocycles. The normalized spacial score (nSPS) is 21.2. The monoisotopic (exact) mass is 242 g/mol. The van der Waals surface area contributed by atoms with Crippen LogP contribution in [-0.4, -0.2) is 36.8 Å². The summed E-state index contributed by atoms with van der Waals surface area (Å²) in [4.78, 5) is 12.2. The molecule has 0 radical (unpaired) electrons. The second-order valence-electron chi connectivity index (χ2n) is 5.41. The second-order valence-corrected chi connectivity index (χ2v) is 5.41. The van der Waals surface area contributed by atoms with E-state index in [2.05, 4.69) is 17.6 Å². The summed E-state index contributed by atoms with van der Waals surface area (Å²) < 4.78 is 0. The molecule has 4 heteroatoms. The molecule has 1 rings (SSSR count). The Balaban J connectivity index is 2.49. The number of carbonyl (C=O) groups is 1. The lowest BCUT2D eigenvalue weighted by molar-refractivity contribution is -0.133. The number of amides is 1. The lowest BCUT2D eigenvalue weighted by atomic mass is 9.76. The van der Waals surface area contributed by atoms with Gasteiger partial charge in [-0.25, -0.2) is 0 Å². The molecule has 0 aromatic rings. The molecular formula is C13H26N2O2. The van der Waals surface area contributed by atoms with E-state index in [-0.39, 0.29) is 17.2 Å². The van der Waals surface area contributed by atoms with Crippen LogP contribution in [0.2, 0.25) is 0 Å². The maximum Gasteiger partial charge on any atom is 0.226 e. The Hall–Kier alpha value is -0.610. The number of nitrogens with one attached hydrogen (secondary N) is 2. The fourth-order valence-electron chi connectivity index (χ4n) is 2.27. The van der Waals surface area contributed by atoms with Gasteiger partial charge in [-0.2, -0.15) is 0 Å². The van der Waals surface area contributed by atoms with Crippen LogP contribution in [0.15, 0.2) is 0 Å². The van der Waals surface area contributed by atoms with E-state index in [1.165, 1.54) is 0 Å². The summed E-state index contributed by atoms with van der Waals surface area (Å²) in [6.07, 6.45) is 2.22. The van der Waals surface area contributed by atoms with E-state index >= 15 is 0 Å². The highest BCUT2D eigenvalue weighted by molar-refractivity contribution is 5.82. The largest absolute Gasteiger partial charge is 0.391 e. The fraction of sp³-hybridized carbons (Fsp3) is 0.923. The van der Waals surface area contributed by atoms with Crippen molar-refractivity contribution < 1.29 is 9.90 Å². The Kier molecular flexibility index (Phi) is 5.40. The predicted molar refractivity (Wildman–Crippen MR) is 68.7 cm³/mol. The molecule has 1 amide bonds. The zero-order chi connectivity index (χ0) is 12.9. The van der Waals surface area contributed by atoms with E-state index in [9.17, 15) is 9.90 Å². The number of hydrogen-bond donors (Lipinski definition) is 3. The van der Waals surface area contributed by atoms with Gasteiger partial charge in [0.1, 0.15) is 0 Å². The molecule has 1 heterocycles. The summed E-state index contributed by atoms with van der Waals surface area (Å²) in [5.74, 6) is 0.294.